The summed E-state index contributed by atoms with van der Waals surface area (Å²) >= 11 is 7.42. The van der Waals surface area contributed by atoms with Crippen LogP contribution in [0, 0.1) is 0 Å². The molecule has 1 aromatic heterocycles. The van der Waals surface area contributed by atoms with E-state index in [0.29, 0.717) is 39.7 Å². The monoisotopic (exact) mass is 455 g/mol. The summed E-state index contributed by atoms with van der Waals surface area (Å²) in [4.78, 5) is 32.9. The molecule has 2 N–H and O–H groups in total. The Bertz CT molecular complexity index is 1160. The molecule has 2 heterocycles. The average Bonchev–Trinajstić information content (AvgIpc) is 2.75. The van der Waals surface area contributed by atoms with Crippen molar-refractivity contribution < 1.29 is 9.53 Å². The summed E-state index contributed by atoms with van der Waals surface area (Å²) in [6.45, 7) is 2.60. The number of ether oxygens (including phenoxy) is 1. The Morgan fingerprint density at radius 2 is 2.03 bits per heavy atom. The normalized spacial score (nSPS) is 15.3. The van der Waals surface area contributed by atoms with Crippen LogP contribution >= 0.6 is 23.4 Å². The van der Waals surface area contributed by atoms with Crippen molar-refractivity contribution in [2.24, 2.45) is 0 Å². The predicted octanol–water partition coefficient (Wildman–Crippen LogP) is 4.98. The number of benzene rings is 2. The lowest BCUT2D eigenvalue weighted by Gasteiger charge is -2.26. The molecule has 4 rings (SSSR count). The number of hydrogen-bond donors (Lipinski definition) is 2. The zero-order chi connectivity index (χ0) is 21.8. The van der Waals surface area contributed by atoms with E-state index in [0.717, 1.165) is 17.5 Å². The summed E-state index contributed by atoms with van der Waals surface area (Å²) in [7, 11) is 0. The van der Waals surface area contributed by atoms with Crippen LogP contribution in [0.4, 0.5) is 5.82 Å². The molecule has 0 radical (unpaired) electrons. The number of thioether (sulfide) groups is 1. The molecule has 1 atom stereocenters. The summed E-state index contributed by atoms with van der Waals surface area (Å²) < 4.78 is 5.87. The third-order valence-corrected chi connectivity index (χ3v) is 6.13. The van der Waals surface area contributed by atoms with Gasteiger partial charge in [-0.2, -0.15) is 0 Å². The van der Waals surface area contributed by atoms with Gasteiger partial charge in [0.05, 0.1) is 12.2 Å². The highest BCUT2D eigenvalue weighted by atomic mass is 35.5. The second-order valence-corrected chi connectivity index (χ2v) is 8.64. The number of aromatic nitrogens is 2. The van der Waals surface area contributed by atoms with E-state index in [9.17, 15) is 9.59 Å². The van der Waals surface area contributed by atoms with Crippen LogP contribution in [0.5, 0.6) is 5.75 Å². The molecule has 6 nitrogen and oxygen atoms in total. The Morgan fingerprint density at radius 3 is 2.84 bits per heavy atom. The molecular weight excluding hydrogens is 434 g/mol. The first-order valence-corrected chi connectivity index (χ1v) is 11.4. The van der Waals surface area contributed by atoms with Crippen molar-refractivity contribution in [3.63, 3.8) is 0 Å². The molecule has 0 saturated carbocycles. The van der Waals surface area contributed by atoms with Gasteiger partial charge >= 0.3 is 0 Å². The Hall–Kier alpha value is -2.77. The third kappa shape index (κ3) is 4.94. The fraction of sp³-hybridized carbons (Fsp3) is 0.261. The molecule has 0 bridgehead atoms. The molecule has 1 amide bonds. The second kappa shape index (κ2) is 9.58. The molecule has 31 heavy (non-hydrogen) atoms. The number of nitrogens with zero attached hydrogens (tertiary/aromatic N) is 1. The highest BCUT2D eigenvalue weighted by Gasteiger charge is 2.32. The van der Waals surface area contributed by atoms with Crippen molar-refractivity contribution >= 4 is 35.1 Å². The van der Waals surface area contributed by atoms with E-state index in [-0.39, 0.29) is 17.9 Å². The van der Waals surface area contributed by atoms with Gasteiger partial charge in [0, 0.05) is 28.7 Å². The Kier molecular flexibility index (Phi) is 6.63. The Labute approximate surface area is 189 Å². The average molecular weight is 456 g/mol. The lowest BCUT2D eigenvalue weighted by Crippen LogP contribution is -2.31. The van der Waals surface area contributed by atoms with Gasteiger partial charge in [0.25, 0.3) is 5.56 Å². The topological polar surface area (TPSA) is 84.1 Å². The van der Waals surface area contributed by atoms with Crippen LogP contribution < -0.4 is 15.6 Å². The van der Waals surface area contributed by atoms with Crippen LogP contribution in [0.25, 0.3) is 0 Å². The molecule has 0 spiro atoms. The molecule has 0 saturated heterocycles. The van der Waals surface area contributed by atoms with Crippen molar-refractivity contribution in [2.75, 3.05) is 11.9 Å². The minimum absolute atomic E-state index is 0.166. The molecule has 1 aliphatic heterocycles. The number of para-hydroxylation sites is 1. The molecule has 8 heteroatoms. The molecule has 0 aliphatic carbocycles. The van der Waals surface area contributed by atoms with Crippen molar-refractivity contribution in [3.8, 4) is 5.75 Å². The molecule has 160 valence electrons. The Morgan fingerprint density at radius 1 is 1.19 bits per heavy atom. The first kappa shape index (κ1) is 21.5. The molecule has 0 unspecified atom stereocenters. The van der Waals surface area contributed by atoms with Crippen LogP contribution in [0.3, 0.4) is 0 Å². The zero-order valence-electron chi connectivity index (χ0n) is 17.0. The van der Waals surface area contributed by atoms with E-state index in [1.165, 1.54) is 11.8 Å². The van der Waals surface area contributed by atoms with E-state index in [1.807, 2.05) is 55.5 Å². The standard InChI is InChI=1S/C23H22ClN3O3S/c1-2-10-30-18-9-4-3-8-16(18)17-12-19(28)25-21-20(17)22(29)27-23(26-21)31-13-14-6-5-7-15(24)11-14/h3-9,11,17H,2,10,12-13H2,1H3,(H2,25,26,27,28,29)/t17-/m1/s1. The number of carbonyl (C=O) groups excluding carboxylic acids is 1. The lowest BCUT2D eigenvalue weighted by molar-refractivity contribution is -0.116. The summed E-state index contributed by atoms with van der Waals surface area (Å²) in [5.41, 5.74) is 2.04. The van der Waals surface area contributed by atoms with Gasteiger partial charge in [-0.05, 0) is 30.2 Å². The van der Waals surface area contributed by atoms with Crippen molar-refractivity contribution in [1.29, 1.82) is 0 Å². The van der Waals surface area contributed by atoms with Crippen LogP contribution in [0.15, 0.2) is 58.5 Å². The Balaban J connectivity index is 1.66. The number of fused-ring (bicyclic) bond motifs is 1. The predicted molar refractivity (Wildman–Crippen MR) is 123 cm³/mol. The van der Waals surface area contributed by atoms with Gasteiger partial charge in [0.2, 0.25) is 5.91 Å². The van der Waals surface area contributed by atoms with Crippen LogP contribution in [-0.2, 0) is 10.5 Å². The fourth-order valence-corrected chi connectivity index (χ4v) is 4.59. The summed E-state index contributed by atoms with van der Waals surface area (Å²) in [5, 5.41) is 3.87. The van der Waals surface area contributed by atoms with Crippen molar-refractivity contribution in [2.45, 2.75) is 36.6 Å². The number of anilines is 1. The maximum absolute atomic E-state index is 13.0. The summed E-state index contributed by atoms with van der Waals surface area (Å²) in [6, 6.07) is 15.1. The SMILES string of the molecule is CCCOc1ccccc1[C@H]1CC(=O)Nc2nc(SCc3cccc(Cl)c3)[nH]c(=O)c21. The third-order valence-electron chi connectivity index (χ3n) is 4.95. The van der Waals surface area contributed by atoms with E-state index < -0.39 is 5.92 Å². The minimum atomic E-state index is -0.417. The van der Waals surface area contributed by atoms with E-state index in [4.69, 9.17) is 16.3 Å². The maximum atomic E-state index is 13.0. The quantitative estimate of drug-likeness (QED) is 0.387. The number of hydrogen-bond acceptors (Lipinski definition) is 5. The molecule has 0 fully saturated rings. The number of nitrogens with one attached hydrogen (secondary N) is 2. The van der Waals surface area contributed by atoms with Crippen LogP contribution in [-0.4, -0.2) is 22.5 Å². The van der Waals surface area contributed by atoms with E-state index >= 15 is 0 Å². The van der Waals surface area contributed by atoms with Gasteiger partial charge in [0.1, 0.15) is 11.6 Å². The highest BCUT2D eigenvalue weighted by molar-refractivity contribution is 7.98. The lowest BCUT2D eigenvalue weighted by atomic mass is 9.86. The smallest absolute Gasteiger partial charge is 0.257 e. The van der Waals surface area contributed by atoms with Gasteiger partial charge in [-0.25, -0.2) is 4.98 Å². The molecule has 2 aromatic carbocycles. The largest absolute Gasteiger partial charge is 0.493 e. The number of halogens is 1. The van der Waals surface area contributed by atoms with Crippen molar-refractivity contribution in [3.05, 3.63) is 80.6 Å². The number of carbonyl (C=O) groups is 1. The summed E-state index contributed by atoms with van der Waals surface area (Å²) in [5.74, 6) is 0.997. The van der Waals surface area contributed by atoms with Gasteiger partial charge in [-0.15, -0.1) is 0 Å². The summed E-state index contributed by atoms with van der Waals surface area (Å²) in [6.07, 6.45) is 1.03. The van der Waals surface area contributed by atoms with Gasteiger partial charge in [0.15, 0.2) is 5.16 Å². The highest BCUT2D eigenvalue weighted by Crippen LogP contribution is 2.38. The van der Waals surface area contributed by atoms with Gasteiger partial charge < -0.3 is 15.0 Å². The van der Waals surface area contributed by atoms with E-state index in [2.05, 4.69) is 15.3 Å². The number of H-pyrrole nitrogens is 1. The first-order valence-electron chi connectivity index (χ1n) is 10.1. The maximum Gasteiger partial charge on any atom is 0.257 e. The zero-order valence-corrected chi connectivity index (χ0v) is 18.6. The van der Waals surface area contributed by atoms with Crippen LogP contribution in [0.1, 0.15) is 42.4 Å². The van der Waals surface area contributed by atoms with E-state index in [1.54, 1.807) is 0 Å². The fourth-order valence-electron chi connectivity index (χ4n) is 3.57. The minimum Gasteiger partial charge on any atom is -0.493 e. The molecule has 3 aromatic rings. The molecular formula is C23H22ClN3O3S. The number of aromatic amines is 1. The van der Waals surface area contributed by atoms with Crippen LogP contribution in [0.2, 0.25) is 5.02 Å². The van der Waals surface area contributed by atoms with Gasteiger partial charge in [-0.3, -0.25) is 9.59 Å². The van der Waals surface area contributed by atoms with Crippen molar-refractivity contribution in [1.82, 2.24) is 9.97 Å². The second-order valence-electron chi connectivity index (χ2n) is 7.24. The number of rotatable bonds is 7. The molecule has 1 aliphatic rings. The first-order chi connectivity index (χ1) is 15.0. The number of amides is 1. The van der Waals surface area contributed by atoms with Gasteiger partial charge in [-0.1, -0.05) is 60.6 Å².